The minimum absolute atomic E-state index is 0.247. The highest BCUT2D eigenvalue weighted by molar-refractivity contribution is 5.94. The van der Waals surface area contributed by atoms with E-state index < -0.39 is 12.0 Å². The number of ether oxygens (including phenoxy) is 1. The number of carbonyl (C=O) groups is 1. The second-order valence-electron chi connectivity index (χ2n) is 5.99. The van der Waals surface area contributed by atoms with Crippen LogP contribution in [0.25, 0.3) is 0 Å². The van der Waals surface area contributed by atoms with Crippen LogP contribution in [-0.2, 0) is 23.9 Å². The summed E-state index contributed by atoms with van der Waals surface area (Å²) >= 11 is 0. The first-order valence-electron chi connectivity index (χ1n) is 8.28. The van der Waals surface area contributed by atoms with Crippen molar-refractivity contribution in [3.63, 3.8) is 0 Å². The maximum absolute atomic E-state index is 12.7. The number of amides is 1. The van der Waals surface area contributed by atoms with Crippen molar-refractivity contribution in [2.45, 2.75) is 19.1 Å². The van der Waals surface area contributed by atoms with E-state index in [4.69, 9.17) is 4.74 Å². The molecule has 0 unspecified atom stereocenters. The zero-order valence-electron chi connectivity index (χ0n) is 14.6. The average Bonchev–Trinajstić information content (AvgIpc) is 2.66. The van der Waals surface area contributed by atoms with E-state index >= 15 is 0 Å². The van der Waals surface area contributed by atoms with Gasteiger partial charge in [0, 0.05) is 51.1 Å². The molecule has 1 aliphatic heterocycles. The topological polar surface area (TPSA) is 80.2 Å². The minimum atomic E-state index is -4.55. The Bertz CT molecular complexity index is 811. The molecule has 0 fully saturated rings. The normalized spacial score (nSPS) is 14.0. The molecule has 2 aromatic rings. The first-order valence-corrected chi connectivity index (χ1v) is 8.28. The van der Waals surface area contributed by atoms with Gasteiger partial charge in [-0.05, 0) is 12.1 Å². The van der Waals surface area contributed by atoms with Crippen LogP contribution in [0.4, 0.5) is 19.0 Å². The molecule has 3 rings (SSSR count). The quantitative estimate of drug-likeness (QED) is 0.796. The van der Waals surface area contributed by atoms with Gasteiger partial charge in [-0.1, -0.05) is 0 Å². The number of anilines is 1. The Hall–Kier alpha value is -2.75. The molecule has 0 radical (unpaired) electrons. The summed E-state index contributed by atoms with van der Waals surface area (Å²) in [5, 5.41) is 2.70. The largest absolute Gasteiger partial charge is 0.451 e. The Kier molecular flexibility index (Phi) is 5.54. The lowest BCUT2D eigenvalue weighted by Gasteiger charge is -2.29. The number of pyridine rings is 1. The number of nitrogens with one attached hydrogen (secondary N) is 1. The molecule has 0 bridgehead atoms. The summed E-state index contributed by atoms with van der Waals surface area (Å²) in [6, 6.07) is 3.37. The molecule has 0 spiro atoms. The van der Waals surface area contributed by atoms with Gasteiger partial charge in [-0.25, -0.2) is 15.0 Å². The second-order valence-corrected chi connectivity index (χ2v) is 5.99. The summed E-state index contributed by atoms with van der Waals surface area (Å²) < 4.78 is 43.0. The summed E-state index contributed by atoms with van der Waals surface area (Å²) in [5.41, 5.74) is 1.46. The SMILES string of the molecule is COCCNC(=O)c1ccc(N2CCc3nc(C(F)(F)F)ncc3C2)nc1. The maximum atomic E-state index is 12.7. The van der Waals surface area contributed by atoms with Crippen LogP contribution in [0.15, 0.2) is 24.5 Å². The fourth-order valence-electron chi connectivity index (χ4n) is 2.72. The van der Waals surface area contributed by atoms with Gasteiger partial charge in [0.2, 0.25) is 5.82 Å². The standard InChI is InChI=1S/C17H18F3N5O2/c1-27-7-5-21-15(26)11-2-3-14(22-8-11)25-6-4-13-12(10-25)9-23-16(24-13)17(18,19)20/h2-3,8-9H,4-7,10H2,1H3,(H,21,26). The molecule has 0 saturated heterocycles. The van der Waals surface area contributed by atoms with Crippen molar-refractivity contribution in [2.24, 2.45) is 0 Å². The van der Waals surface area contributed by atoms with Crippen LogP contribution in [0.1, 0.15) is 27.4 Å². The average molecular weight is 381 g/mol. The zero-order chi connectivity index (χ0) is 19.4. The summed E-state index contributed by atoms with van der Waals surface area (Å²) in [7, 11) is 1.55. The van der Waals surface area contributed by atoms with Crippen LogP contribution < -0.4 is 10.2 Å². The highest BCUT2D eigenvalue weighted by Crippen LogP contribution is 2.28. The number of hydrogen-bond donors (Lipinski definition) is 1. The molecular weight excluding hydrogens is 363 g/mol. The third-order valence-electron chi connectivity index (χ3n) is 4.11. The Balaban J connectivity index is 1.67. The Labute approximate surface area is 153 Å². The van der Waals surface area contributed by atoms with Gasteiger partial charge >= 0.3 is 6.18 Å². The smallest absolute Gasteiger partial charge is 0.383 e. The van der Waals surface area contributed by atoms with Crippen molar-refractivity contribution >= 4 is 11.7 Å². The lowest BCUT2D eigenvalue weighted by atomic mass is 10.1. The first-order chi connectivity index (χ1) is 12.9. The van der Waals surface area contributed by atoms with Crippen molar-refractivity contribution < 1.29 is 22.7 Å². The van der Waals surface area contributed by atoms with Crippen LogP contribution in [0.5, 0.6) is 0 Å². The molecule has 3 heterocycles. The van der Waals surface area contributed by atoms with Crippen molar-refractivity contribution in [1.82, 2.24) is 20.3 Å². The molecule has 27 heavy (non-hydrogen) atoms. The molecule has 0 atom stereocenters. The van der Waals surface area contributed by atoms with E-state index in [9.17, 15) is 18.0 Å². The second kappa shape index (κ2) is 7.87. The van der Waals surface area contributed by atoms with Crippen LogP contribution in [0.2, 0.25) is 0 Å². The van der Waals surface area contributed by atoms with Crippen LogP contribution in [0, 0.1) is 0 Å². The Morgan fingerprint density at radius 1 is 1.30 bits per heavy atom. The van der Waals surface area contributed by atoms with Gasteiger partial charge in [-0.2, -0.15) is 13.2 Å². The third kappa shape index (κ3) is 4.51. The molecular formula is C17H18F3N5O2. The molecule has 0 aromatic carbocycles. The number of methoxy groups -OCH3 is 1. The summed E-state index contributed by atoms with van der Waals surface area (Å²) in [6.45, 7) is 1.66. The Morgan fingerprint density at radius 3 is 2.78 bits per heavy atom. The molecule has 144 valence electrons. The molecule has 10 heteroatoms. The summed E-state index contributed by atoms with van der Waals surface area (Å²) in [6.07, 6.45) is -1.50. The number of alkyl halides is 3. The molecule has 1 aliphatic rings. The number of halogens is 3. The van der Waals surface area contributed by atoms with Gasteiger partial charge in [-0.3, -0.25) is 4.79 Å². The van der Waals surface area contributed by atoms with Gasteiger partial charge < -0.3 is 15.0 Å². The molecule has 1 N–H and O–H groups in total. The van der Waals surface area contributed by atoms with Crippen LogP contribution >= 0.6 is 0 Å². The predicted octanol–water partition coefficient (Wildman–Crippen LogP) is 1.83. The molecule has 1 amide bonds. The van der Waals surface area contributed by atoms with Crippen LogP contribution in [0.3, 0.4) is 0 Å². The minimum Gasteiger partial charge on any atom is -0.383 e. The third-order valence-corrected chi connectivity index (χ3v) is 4.11. The number of carbonyl (C=O) groups excluding carboxylic acids is 1. The van der Waals surface area contributed by atoms with Gasteiger partial charge in [0.15, 0.2) is 0 Å². The van der Waals surface area contributed by atoms with Gasteiger partial charge in [0.1, 0.15) is 5.82 Å². The first kappa shape index (κ1) is 19.0. The van der Waals surface area contributed by atoms with Crippen LogP contribution in [-0.4, -0.2) is 47.7 Å². The van der Waals surface area contributed by atoms with Gasteiger partial charge in [0.25, 0.3) is 5.91 Å². The van der Waals surface area contributed by atoms with Crippen molar-refractivity contribution in [3.8, 4) is 0 Å². The van der Waals surface area contributed by atoms with E-state index in [0.29, 0.717) is 55.3 Å². The molecule has 2 aromatic heterocycles. The molecule has 0 aliphatic carbocycles. The molecule has 7 nitrogen and oxygen atoms in total. The van der Waals surface area contributed by atoms with Gasteiger partial charge in [0.05, 0.1) is 17.9 Å². The van der Waals surface area contributed by atoms with Crippen molar-refractivity contribution in [1.29, 1.82) is 0 Å². The Morgan fingerprint density at radius 2 is 2.11 bits per heavy atom. The fraction of sp³-hybridized carbons (Fsp3) is 0.412. The monoisotopic (exact) mass is 381 g/mol. The fourth-order valence-corrected chi connectivity index (χ4v) is 2.72. The number of hydrogen-bond acceptors (Lipinski definition) is 6. The van der Waals surface area contributed by atoms with Crippen molar-refractivity contribution in [2.75, 3.05) is 31.7 Å². The van der Waals surface area contributed by atoms with E-state index in [-0.39, 0.29) is 5.91 Å². The number of fused-ring (bicyclic) bond motifs is 1. The van der Waals surface area contributed by atoms with E-state index in [2.05, 4.69) is 20.3 Å². The molecule has 0 saturated carbocycles. The van der Waals surface area contributed by atoms with E-state index in [0.717, 1.165) is 0 Å². The maximum Gasteiger partial charge on any atom is 0.451 e. The number of nitrogens with zero attached hydrogens (tertiary/aromatic N) is 4. The van der Waals surface area contributed by atoms with E-state index in [1.54, 1.807) is 19.2 Å². The van der Waals surface area contributed by atoms with E-state index in [1.807, 2.05) is 4.90 Å². The lowest BCUT2D eigenvalue weighted by molar-refractivity contribution is -0.145. The summed E-state index contributed by atoms with van der Waals surface area (Å²) in [5.74, 6) is -0.728. The number of rotatable bonds is 5. The van der Waals surface area contributed by atoms with Crippen molar-refractivity contribution in [3.05, 3.63) is 47.2 Å². The lowest BCUT2D eigenvalue weighted by Crippen LogP contribution is -2.32. The number of aromatic nitrogens is 3. The highest BCUT2D eigenvalue weighted by Gasteiger charge is 2.35. The highest BCUT2D eigenvalue weighted by atomic mass is 19.4. The zero-order valence-corrected chi connectivity index (χ0v) is 14.6. The summed E-state index contributed by atoms with van der Waals surface area (Å²) in [4.78, 5) is 25.2. The predicted molar refractivity (Wildman–Crippen MR) is 90.2 cm³/mol. The van der Waals surface area contributed by atoms with Gasteiger partial charge in [-0.15, -0.1) is 0 Å². The van der Waals surface area contributed by atoms with E-state index in [1.165, 1.54) is 12.4 Å².